The van der Waals surface area contributed by atoms with Gasteiger partial charge in [-0.2, -0.15) is 0 Å². The first-order valence-corrected chi connectivity index (χ1v) is 15.2. The number of fused-ring (bicyclic) bond motifs is 4. The highest BCUT2D eigenvalue weighted by atomic mass is 16.8. The van der Waals surface area contributed by atoms with Gasteiger partial charge < -0.3 is 50.3 Å². The van der Waals surface area contributed by atoms with E-state index in [1.54, 1.807) is 29.3 Å². The molecule has 4 aliphatic rings. The number of aliphatic carboxylic acids is 1. The maximum atomic E-state index is 12.4. The number of rotatable bonds is 5. The molecule has 256 valence electrons. The fraction of sp³-hybridized carbons (Fsp3) is 0.571. The molecule has 0 radical (unpaired) electrons. The number of amides is 1. The molecule has 6 N–H and O–H groups in total. The van der Waals surface area contributed by atoms with Crippen LogP contribution in [-0.4, -0.2) is 111 Å². The monoisotopic (exact) mass is 669 g/mol. The highest BCUT2D eigenvalue weighted by Crippen LogP contribution is 2.45. The second-order valence-electron chi connectivity index (χ2n) is 12.4. The number of likely N-dealkylation sites (N-methyl/N-ethyl adjacent to an activating group) is 1. The third-order valence-electron chi connectivity index (χ3n) is 8.23. The fourth-order valence-electron chi connectivity index (χ4n) is 6.40. The number of nitrogen functional groups attached to an aromatic ring is 2. The van der Waals surface area contributed by atoms with Crippen LogP contribution in [0.4, 0.5) is 11.6 Å². The average molecular weight is 670 g/mol. The summed E-state index contributed by atoms with van der Waals surface area (Å²) in [6, 6.07) is 0. The van der Waals surface area contributed by atoms with Crippen molar-refractivity contribution in [2.75, 3.05) is 18.0 Å². The van der Waals surface area contributed by atoms with Gasteiger partial charge in [0.25, 0.3) is 5.91 Å². The van der Waals surface area contributed by atoms with Crippen LogP contribution < -0.4 is 16.8 Å². The van der Waals surface area contributed by atoms with Crippen molar-refractivity contribution >= 4 is 45.8 Å². The van der Waals surface area contributed by atoms with Gasteiger partial charge in [0, 0.05) is 6.54 Å². The largest absolute Gasteiger partial charge is 0.479 e. The average Bonchev–Trinajstić information content (AvgIpc) is 3.84. The molecule has 20 heteroatoms. The standard InChI is InChI=1S/C15H20N6O4.C13H15N5O5/c1-4-17-13(22)9-8-10(25-15(2,3)24-8)14(23-9)21-6-20-7-11(16)18-5-19-12(7)21;1-13(2)22-6-7(23-13)11(21-8(6)12(19)20)18-4-17-5-9(14)15-3-16-10(5)18/h5-6,8-10,14H,4H2,1-3H3,(H,17,22)(H2,16,18,19);3-4,6-8,11H,1-2H3,(H,19,20)(H2,14,15,16)/t8?,9-,10?,14+;6?,7?,8-,11+/m00/s1. The molecule has 4 unspecified atom stereocenters. The third kappa shape index (κ3) is 5.35. The first-order valence-electron chi connectivity index (χ1n) is 15.2. The van der Waals surface area contributed by atoms with Gasteiger partial charge in [-0.05, 0) is 34.6 Å². The Morgan fingerprint density at radius 2 is 1.19 bits per heavy atom. The summed E-state index contributed by atoms with van der Waals surface area (Å²) in [5.74, 6) is -2.53. The van der Waals surface area contributed by atoms with E-state index in [9.17, 15) is 14.7 Å². The van der Waals surface area contributed by atoms with E-state index in [-0.39, 0.29) is 17.5 Å². The Morgan fingerprint density at radius 1 is 0.750 bits per heavy atom. The first-order chi connectivity index (χ1) is 22.8. The van der Waals surface area contributed by atoms with Crippen LogP contribution in [0.25, 0.3) is 22.3 Å². The van der Waals surface area contributed by atoms with Gasteiger partial charge in [0.05, 0.1) is 12.7 Å². The number of ether oxygens (including phenoxy) is 6. The summed E-state index contributed by atoms with van der Waals surface area (Å²) in [6.45, 7) is 9.43. The molecule has 4 aromatic heterocycles. The van der Waals surface area contributed by atoms with Crippen molar-refractivity contribution in [3.05, 3.63) is 25.3 Å². The number of hydrogen-bond acceptors (Lipinski definition) is 16. The second kappa shape index (κ2) is 11.5. The van der Waals surface area contributed by atoms with E-state index < -0.39 is 66.6 Å². The summed E-state index contributed by atoms with van der Waals surface area (Å²) in [6.07, 6.45) is 0.135. The number of imidazole rings is 2. The van der Waals surface area contributed by atoms with Crippen molar-refractivity contribution in [3.63, 3.8) is 0 Å². The predicted molar refractivity (Wildman–Crippen MR) is 161 cm³/mol. The van der Waals surface area contributed by atoms with Gasteiger partial charge in [-0.3, -0.25) is 13.9 Å². The van der Waals surface area contributed by atoms with Crippen LogP contribution in [0.1, 0.15) is 47.1 Å². The van der Waals surface area contributed by atoms with Crippen molar-refractivity contribution in [1.82, 2.24) is 44.4 Å². The third-order valence-corrected chi connectivity index (χ3v) is 8.23. The lowest BCUT2D eigenvalue weighted by molar-refractivity contribution is -0.202. The molecule has 4 fully saturated rings. The van der Waals surface area contributed by atoms with E-state index in [2.05, 4.69) is 35.2 Å². The Bertz CT molecular complexity index is 1880. The minimum absolute atomic E-state index is 0.236. The van der Waals surface area contributed by atoms with Crippen LogP contribution in [-0.2, 0) is 38.0 Å². The maximum Gasteiger partial charge on any atom is 0.335 e. The van der Waals surface area contributed by atoms with Crippen LogP contribution in [0.5, 0.6) is 0 Å². The SMILES string of the molecule is CC1(C)OC2C(O1)[C@H](n1cnc3c(N)ncnc31)O[C@@H]2C(=O)O.CCNC(=O)[C@H]1O[C@@H](n2cnc3c(N)ncnc32)C2OC(C)(C)OC21. The smallest absolute Gasteiger partial charge is 0.335 e. The summed E-state index contributed by atoms with van der Waals surface area (Å²) >= 11 is 0. The van der Waals surface area contributed by atoms with Crippen molar-refractivity contribution in [2.45, 2.75) is 95.3 Å². The molecule has 8 rings (SSSR count). The van der Waals surface area contributed by atoms with Crippen LogP contribution in [0.15, 0.2) is 25.3 Å². The molecular formula is C28H35N11O9. The predicted octanol–water partition coefficient (Wildman–Crippen LogP) is -0.127. The molecule has 0 bridgehead atoms. The molecular weight excluding hydrogens is 634 g/mol. The zero-order valence-corrected chi connectivity index (χ0v) is 26.6. The number of carbonyl (C=O) groups is 2. The number of hydrogen-bond donors (Lipinski definition) is 4. The quantitative estimate of drug-likeness (QED) is 0.216. The summed E-state index contributed by atoms with van der Waals surface area (Å²) in [5.41, 5.74) is 13.5. The number of carbonyl (C=O) groups excluding carboxylic acids is 1. The number of carboxylic acid groups (broad SMARTS) is 1. The molecule has 0 saturated carbocycles. The topological polar surface area (TPSA) is 261 Å². The Balaban J connectivity index is 0.000000152. The van der Waals surface area contributed by atoms with E-state index in [0.717, 1.165) is 0 Å². The van der Waals surface area contributed by atoms with Crippen molar-refractivity contribution < 1.29 is 43.1 Å². The molecule has 8 heterocycles. The Hall–Kier alpha value is -4.60. The first kappa shape index (κ1) is 32.0. The van der Waals surface area contributed by atoms with Crippen LogP contribution in [0, 0.1) is 0 Å². The van der Waals surface area contributed by atoms with Gasteiger partial charge >= 0.3 is 5.97 Å². The molecule has 0 aliphatic carbocycles. The van der Waals surface area contributed by atoms with Crippen LogP contribution in [0.3, 0.4) is 0 Å². The van der Waals surface area contributed by atoms with Crippen molar-refractivity contribution in [2.24, 2.45) is 0 Å². The fourth-order valence-corrected chi connectivity index (χ4v) is 6.40. The summed E-state index contributed by atoms with van der Waals surface area (Å²) in [7, 11) is 0. The van der Waals surface area contributed by atoms with E-state index in [0.29, 0.717) is 28.9 Å². The van der Waals surface area contributed by atoms with E-state index in [1.807, 2.05) is 20.8 Å². The highest BCUT2D eigenvalue weighted by molar-refractivity contribution is 5.83. The van der Waals surface area contributed by atoms with E-state index in [4.69, 9.17) is 39.9 Å². The number of anilines is 2. The lowest BCUT2D eigenvalue weighted by atomic mass is 10.1. The molecule has 4 saturated heterocycles. The number of nitrogens with zero attached hydrogens (tertiary/aromatic N) is 8. The lowest BCUT2D eigenvalue weighted by Gasteiger charge is -2.24. The molecule has 0 spiro atoms. The highest BCUT2D eigenvalue weighted by Gasteiger charge is 2.59. The number of nitrogens with one attached hydrogen (secondary N) is 1. The zero-order chi connectivity index (χ0) is 34.1. The lowest BCUT2D eigenvalue weighted by Crippen LogP contribution is -2.42. The number of nitrogens with two attached hydrogens (primary N) is 2. The Labute approximate surface area is 272 Å². The van der Waals surface area contributed by atoms with Crippen molar-refractivity contribution in [3.8, 4) is 0 Å². The van der Waals surface area contributed by atoms with Crippen molar-refractivity contribution in [1.29, 1.82) is 0 Å². The maximum absolute atomic E-state index is 12.4. The normalized spacial score (nSPS) is 31.4. The number of carboxylic acids is 1. The van der Waals surface area contributed by atoms with Gasteiger partial charge in [0.15, 0.2) is 59.2 Å². The van der Waals surface area contributed by atoms with Gasteiger partial charge in [0.2, 0.25) is 0 Å². The van der Waals surface area contributed by atoms with Crippen LogP contribution >= 0.6 is 0 Å². The summed E-state index contributed by atoms with van der Waals surface area (Å²) in [5, 5.41) is 12.1. The zero-order valence-electron chi connectivity index (χ0n) is 26.6. The van der Waals surface area contributed by atoms with Gasteiger partial charge in [-0.15, -0.1) is 0 Å². The summed E-state index contributed by atoms with van der Waals surface area (Å²) < 4.78 is 38.4. The van der Waals surface area contributed by atoms with Crippen LogP contribution in [0.2, 0.25) is 0 Å². The van der Waals surface area contributed by atoms with Gasteiger partial charge in [-0.1, -0.05) is 0 Å². The molecule has 1 amide bonds. The van der Waals surface area contributed by atoms with E-state index in [1.165, 1.54) is 19.0 Å². The summed E-state index contributed by atoms with van der Waals surface area (Å²) in [4.78, 5) is 48.5. The number of aromatic nitrogens is 8. The minimum atomic E-state index is -1.14. The minimum Gasteiger partial charge on any atom is -0.479 e. The molecule has 48 heavy (non-hydrogen) atoms. The molecule has 20 nitrogen and oxygen atoms in total. The van der Waals surface area contributed by atoms with E-state index >= 15 is 0 Å². The molecule has 8 atom stereocenters. The molecule has 4 aromatic rings. The Kier molecular flexibility index (Phi) is 7.68. The molecule has 4 aliphatic heterocycles. The van der Waals surface area contributed by atoms with Gasteiger partial charge in [0.1, 0.15) is 48.1 Å². The molecule has 0 aromatic carbocycles. The van der Waals surface area contributed by atoms with Gasteiger partial charge in [-0.25, -0.2) is 34.7 Å². The Morgan fingerprint density at radius 3 is 1.65 bits per heavy atom. The second-order valence-corrected chi connectivity index (χ2v) is 12.4.